The molecule has 0 aliphatic carbocycles. The topological polar surface area (TPSA) is 74.3 Å². The zero-order valence-electron chi connectivity index (χ0n) is 6.63. The van der Waals surface area contributed by atoms with Crippen LogP contribution in [0.15, 0.2) is 0 Å². The molecule has 0 aromatic heterocycles. The summed E-state index contributed by atoms with van der Waals surface area (Å²) in [6.45, 7) is 0. The molecule has 3 amide bonds. The lowest BCUT2D eigenvalue weighted by molar-refractivity contribution is -0.650. The molecule has 0 N–H and O–H groups in total. The number of carbonyl (C=O) groups is 3. The number of alkyl halides is 3. The number of halogens is 3. The molecule has 78 valence electrons. The Morgan fingerprint density at radius 2 is 1.57 bits per heavy atom. The van der Waals surface area contributed by atoms with Gasteiger partial charge in [0.15, 0.2) is 0 Å². The molecule has 0 saturated carbocycles. The van der Waals surface area contributed by atoms with Crippen LogP contribution in [0, 0.1) is 5.21 Å². The van der Waals surface area contributed by atoms with E-state index < -0.39 is 41.4 Å². The van der Waals surface area contributed by atoms with Crippen LogP contribution >= 0.6 is 0 Å². The van der Waals surface area contributed by atoms with Crippen molar-refractivity contribution < 1.29 is 32.2 Å². The van der Waals surface area contributed by atoms with E-state index in [1.807, 2.05) is 0 Å². The second kappa shape index (κ2) is 2.85. The summed E-state index contributed by atoms with van der Waals surface area (Å²) in [5.41, 5.74) is 0. The van der Waals surface area contributed by atoms with Crippen LogP contribution in [0.2, 0.25) is 0 Å². The molecule has 0 aromatic carbocycles. The predicted molar refractivity (Wildman–Crippen MR) is 33.9 cm³/mol. The number of quaternary nitrogens is 1. The van der Waals surface area contributed by atoms with Crippen LogP contribution in [-0.4, -0.2) is 28.5 Å². The third-order valence-corrected chi connectivity index (χ3v) is 1.78. The number of likely N-dealkylation sites (tertiary alicyclic amines) is 1. The highest BCUT2D eigenvalue weighted by Gasteiger charge is 2.60. The quantitative estimate of drug-likeness (QED) is 0.326. The Labute approximate surface area is 75.3 Å². The summed E-state index contributed by atoms with van der Waals surface area (Å²) in [6.07, 6.45) is -6.72. The fraction of sp³-hybridized carbons (Fsp3) is 0.500. The second-order valence-electron chi connectivity index (χ2n) is 2.70. The minimum atomic E-state index is -5.47. The standard InChI is InChI=1S/C6H4F3NO4/c7-6(8,9)5(13)10(14)3(11)1-2-4(10)12/h1-2H2. The molecule has 1 rings (SSSR count). The fourth-order valence-electron chi connectivity index (χ4n) is 1.07. The van der Waals surface area contributed by atoms with Gasteiger partial charge in [-0.25, -0.2) is 14.4 Å². The van der Waals surface area contributed by atoms with E-state index in [1.165, 1.54) is 0 Å². The van der Waals surface area contributed by atoms with E-state index in [0.29, 0.717) is 0 Å². The Bertz CT molecular complexity index is 306. The largest absolute Gasteiger partial charge is 0.610 e. The first-order valence-electron chi connectivity index (χ1n) is 3.49. The van der Waals surface area contributed by atoms with Crippen molar-refractivity contribution in [1.82, 2.24) is 0 Å². The van der Waals surface area contributed by atoms with E-state index >= 15 is 0 Å². The van der Waals surface area contributed by atoms with E-state index in [2.05, 4.69) is 0 Å². The molecule has 0 spiro atoms. The summed E-state index contributed by atoms with van der Waals surface area (Å²) in [7, 11) is 0. The lowest BCUT2D eigenvalue weighted by Gasteiger charge is -2.29. The van der Waals surface area contributed by atoms with Crippen LogP contribution in [-0.2, 0) is 14.4 Å². The van der Waals surface area contributed by atoms with E-state index in [1.54, 1.807) is 0 Å². The number of nitrogens with zero attached hydrogens (tertiary/aromatic N) is 1. The van der Waals surface area contributed by atoms with E-state index in [4.69, 9.17) is 0 Å². The van der Waals surface area contributed by atoms with Gasteiger partial charge < -0.3 is 5.21 Å². The molecule has 14 heavy (non-hydrogen) atoms. The third kappa shape index (κ3) is 1.32. The number of hydrogen-bond acceptors (Lipinski definition) is 4. The minimum absolute atomic E-state index is 0.621. The van der Waals surface area contributed by atoms with Crippen LogP contribution in [0.3, 0.4) is 0 Å². The van der Waals surface area contributed by atoms with Gasteiger partial charge in [0.05, 0.1) is 12.8 Å². The molecule has 0 atom stereocenters. The number of hydroxylamine groups is 3. The summed E-state index contributed by atoms with van der Waals surface area (Å²) < 4.78 is 32.4. The first-order chi connectivity index (χ1) is 6.20. The lowest BCUT2D eigenvalue weighted by atomic mass is 10.4. The maximum absolute atomic E-state index is 11.8. The monoisotopic (exact) mass is 211 g/mol. The zero-order chi connectivity index (χ0) is 11.1. The number of hydrogen-bond donors (Lipinski definition) is 0. The van der Waals surface area contributed by atoms with Crippen LogP contribution in [0.5, 0.6) is 0 Å². The molecule has 1 fully saturated rings. The summed E-state index contributed by atoms with van der Waals surface area (Å²) in [4.78, 5) is 31.9. The lowest BCUT2D eigenvalue weighted by Crippen LogP contribution is -2.57. The van der Waals surface area contributed by atoms with E-state index in [9.17, 15) is 32.8 Å². The van der Waals surface area contributed by atoms with Crippen LogP contribution < -0.4 is 0 Å². The summed E-state index contributed by atoms with van der Waals surface area (Å²) in [5.74, 6) is -5.99. The van der Waals surface area contributed by atoms with Crippen molar-refractivity contribution in [3.05, 3.63) is 5.21 Å². The van der Waals surface area contributed by atoms with Gasteiger partial charge in [0, 0.05) is 0 Å². The van der Waals surface area contributed by atoms with Gasteiger partial charge in [0.2, 0.25) is 0 Å². The van der Waals surface area contributed by atoms with Gasteiger partial charge >= 0.3 is 23.9 Å². The molecule has 5 nitrogen and oxygen atoms in total. The SMILES string of the molecule is O=C1CCC(=O)[N+]1([O-])C(=O)C(F)(F)F. The van der Waals surface area contributed by atoms with Gasteiger partial charge in [-0.05, 0) is 0 Å². The zero-order valence-corrected chi connectivity index (χ0v) is 6.63. The van der Waals surface area contributed by atoms with Gasteiger partial charge in [-0.15, -0.1) is 0 Å². The van der Waals surface area contributed by atoms with Crippen LogP contribution in [0.25, 0.3) is 0 Å². The predicted octanol–water partition coefficient (Wildman–Crippen LogP) is 0.237. The van der Waals surface area contributed by atoms with Crippen molar-refractivity contribution in [2.45, 2.75) is 19.0 Å². The average molecular weight is 211 g/mol. The maximum Gasteiger partial charge on any atom is 0.510 e. The van der Waals surface area contributed by atoms with Crippen molar-refractivity contribution >= 4 is 17.7 Å². The van der Waals surface area contributed by atoms with Gasteiger partial charge in [-0.3, -0.25) is 0 Å². The number of rotatable bonds is 0. The summed E-state index contributed by atoms with van der Waals surface area (Å²) in [6, 6.07) is 0. The molecular formula is C6H4F3NO4. The molecule has 0 unspecified atom stereocenters. The average Bonchev–Trinajstić information content (AvgIpc) is 2.31. The fourth-order valence-corrected chi connectivity index (χ4v) is 1.07. The normalized spacial score (nSPS) is 21.4. The summed E-state index contributed by atoms with van der Waals surface area (Å²) in [5, 5.41) is 11.1. The molecule has 1 aliphatic rings. The molecular weight excluding hydrogens is 207 g/mol. The molecule has 1 aliphatic heterocycles. The Morgan fingerprint density at radius 1 is 1.21 bits per heavy atom. The Balaban J connectivity index is 3.12. The second-order valence-corrected chi connectivity index (χ2v) is 2.70. The molecule has 1 saturated heterocycles. The number of imide groups is 3. The van der Waals surface area contributed by atoms with E-state index in [0.717, 1.165) is 0 Å². The first-order valence-corrected chi connectivity index (χ1v) is 3.49. The number of amides is 3. The Morgan fingerprint density at radius 3 is 1.86 bits per heavy atom. The molecule has 0 aromatic rings. The van der Waals surface area contributed by atoms with Gasteiger partial charge in [-0.2, -0.15) is 17.8 Å². The molecule has 0 bridgehead atoms. The highest BCUT2D eigenvalue weighted by molar-refractivity contribution is 6.04. The van der Waals surface area contributed by atoms with Crippen LogP contribution in [0.4, 0.5) is 13.2 Å². The van der Waals surface area contributed by atoms with Crippen LogP contribution in [0.1, 0.15) is 12.8 Å². The van der Waals surface area contributed by atoms with Crippen molar-refractivity contribution in [3.8, 4) is 0 Å². The first kappa shape index (κ1) is 10.8. The minimum Gasteiger partial charge on any atom is -0.610 e. The molecule has 8 heteroatoms. The highest BCUT2D eigenvalue weighted by atomic mass is 19.4. The van der Waals surface area contributed by atoms with Crippen molar-refractivity contribution in [2.75, 3.05) is 0 Å². The summed E-state index contributed by atoms with van der Waals surface area (Å²) >= 11 is 0. The Hall–Kier alpha value is -1.28. The van der Waals surface area contributed by atoms with Crippen molar-refractivity contribution in [3.63, 3.8) is 0 Å². The van der Waals surface area contributed by atoms with Crippen molar-refractivity contribution in [1.29, 1.82) is 0 Å². The van der Waals surface area contributed by atoms with Gasteiger partial charge in [-0.1, -0.05) is 0 Å². The Kier molecular flexibility index (Phi) is 2.20. The van der Waals surface area contributed by atoms with Gasteiger partial charge in [0.1, 0.15) is 0 Å². The molecule has 1 heterocycles. The third-order valence-electron chi connectivity index (χ3n) is 1.78. The maximum atomic E-state index is 11.8. The van der Waals surface area contributed by atoms with Crippen molar-refractivity contribution in [2.24, 2.45) is 0 Å². The van der Waals surface area contributed by atoms with E-state index in [-0.39, 0.29) is 0 Å². The highest BCUT2D eigenvalue weighted by Crippen LogP contribution is 2.29. The smallest absolute Gasteiger partial charge is 0.510 e. The molecule has 0 radical (unpaired) electrons. The number of carbonyl (C=O) groups excluding carboxylic acids is 3. The van der Waals surface area contributed by atoms with Gasteiger partial charge in [0.25, 0.3) is 0 Å².